The fourth-order valence-corrected chi connectivity index (χ4v) is 5.01. The summed E-state index contributed by atoms with van der Waals surface area (Å²) >= 11 is 0. The Morgan fingerprint density at radius 2 is 1.78 bits per heavy atom. The van der Waals surface area contributed by atoms with Gasteiger partial charge in [0.25, 0.3) is 5.91 Å². The van der Waals surface area contributed by atoms with Crippen molar-refractivity contribution in [3.05, 3.63) is 94.5 Å². The number of amides is 1. The number of hydrogen-bond donors (Lipinski definition) is 3. The molecule has 41 heavy (non-hydrogen) atoms. The number of fused-ring (bicyclic) bond motifs is 1. The summed E-state index contributed by atoms with van der Waals surface area (Å²) in [6.45, 7) is 6.77. The summed E-state index contributed by atoms with van der Waals surface area (Å²) in [5.41, 5.74) is 4.79. The zero-order valence-corrected chi connectivity index (χ0v) is 23.3. The van der Waals surface area contributed by atoms with Gasteiger partial charge in [-0.25, -0.2) is 9.79 Å². The molecule has 0 atom stereocenters. The van der Waals surface area contributed by atoms with Crippen LogP contribution in [-0.2, 0) is 9.47 Å². The number of nitrogens with one attached hydrogen (secondary N) is 2. The highest BCUT2D eigenvalue weighted by Crippen LogP contribution is 2.33. The molecule has 2 heterocycles. The molecule has 0 aliphatic carbocycles. The van der Waals surface area contributed by atoms with E-state index in [0.29, 0.717) is 40.2 Å². The minimum atomic E-state index is -0.446. The van der Waals surface area contributed by atoms with Gasteiger partial charge >= 0.3 is 5.97 Å². The van der Waals surface area contributed by atoms with E-state index in [1.165, 1.54) is 7.11 Å². The lowest BCUT2D eigenvalue weighted by Gasteiger charge is -2.26. The maximum Gasteiger partial charge on any atom is 0.338 e. The fraction of sp³-hybridized carbons (Fsp3) is 0.281. The van der Waals surface area contributed by atoms with Gasteiger partial charge in [-0.15, -0.1) is 0 Å². The van der Waals surface area contributed by atoms with E-state index < -0.39 is 5.97 Å². The third-order valence-electron chi connectivity index (χ3n) is 7.22. The Kier molecular flexibility index (Phi) is 8.76. The van der Waals surface area contributed by atoms with Crippen LogP contribution in [0.2, 0.25) is 0 Å². The maximum absolute atomic E-state index is 12.7. The summed E-state index contributed by atoms with van der Waals surface area (Å²) in [7, 11) is 1.34. The van der Waals surface area contributed by atoms with Crippen molar-refractivity contribution in [3.8, 4) is 5.88 Å². The van der Waals surface area contributed by atoms with Crippen LogP contribution < -0.4 is 5.32 Å². The number of esters is 1. The maximum atomic E-state index is 12.7. The molecule has 0 spiro atoms. The Labute approximate surface area is 238 Å². The van der Waals surface area contributed by atoms with Crippen LogP contribution in [0.5, 0.6) is 5.88 Å². The smallest absolute Gasteiger partial charge is 0.338 e. The van der Waals surface area contributed by atoms with Crippen molar-refractivity contribution >= 4 is 34.2 Å². The first-order chi connectivity index (χ1) is 19.9. The van der Waals surface area contributed by atoms with Crippen LogP contribution in [0, 0.1) is 6.92 Å². The molecular weight excluding hydrogens is 520 g/mol. The third-order valence-corrected chi connectivity index (χ3v) is 7.22. The largest absolute Gasteiger partial charge is 0.494 e. The molecule has 1 saturated heterocycles. The molecular formula is C32H34N4O5. The summed E-state index contributed by atoms with van der Waals surface area (Å²) in [6, 6.07) is 20.2. The predicted molar refractivity (Wildman–Crippen MR) is 158 cm³/mol. The zero-order chi connectivity index (χ0) is 28.8. The molecule has 9 nitrogen and oxygen atoms in total. The zero-order valence-electron chi connectivity index (χ0n) is 23.3. The minimum Gasteiger partial charge on any atom is -0.494 e. The number of aromatic amines is 1. The number of carbonyl (C=O) groups excluding carboxylic acids is 2. The van der Waals surface area contributed by atoms with Crippen molar-refractivity contribution in [1.82, 2.24) is 15.2 Å². The number of methoxy groups -OCH3 is 1. The average molecular weight is 555 g/mol. The van der Waals surface area contributed by atoms with E-state index in [0.717, 1.165) is 55.8 Å². The molecule has 1 amide bonds. The molecule has 1 fully saturated rings. The molecule has 1 aromatic heterocycles. The van der Waals surface area contributed by atoms with Gasteiger partial charge in [0.1, 0.15) is 0 Å². The molecule has 1 aliphatic rings. The van der Waals surface area contributed by atoms with Crippen molar-refractivity contribution in [2.75, 3.05) is 46.5 Å². The van der Waals surface area contributed by atoms with E-state index in [1.807, 2.05) is 43.3 Å². The average Bonchev–Trinajstić information content (AvgIpc) is 3.32. The number of morpholine rings is 1. The number of rotatable bonds is 9. The Balaban J connectivity index is 1.39. The van der Waals surface area contributed by atoms with Crippen molar-refractivity contribution in [2.45, 2.75) is 13.3 Å². The molecule has 5 rings (SSSR count). The van der Waals surface area contributed by atoms with E-state index in [2.05, 4.69) is 15.2 Å². The standard InChI is InChI=1S/C32H34N4O5/c1-21-19-26-27(20-25(21)32(39)40-2)35-31(38)28(26)29(22-7-4-3-5-8-22)34-24-11-9-23(10-12-24)30(37)33-13-6-14-36-15-17-41-18-16-36/h3-5,7-12,19-20,35,38H,6,13-18H2,1-2H3,(H,33,37). The molecule has 0 bridgehead atoms. The number of nitrogens with zero attached hydrogens (tertiary/aromatic N) is 2. The number of aryl methyl sites for hydroxylation is 1. The Hall–Kier alpha value is -4.47. The van der Waals surface area contributed by atoms with Gasteiger partial charge in [-0.1, -0.05) is 30.3 Å². The predicted octanol–water partition coefficient (Wildman–Crippen LogP) is 4.59. The second-order valence-electron chi connectivity index (χ2n) is 9.99. The number of aromatic hydroxyl groups is 1. The number of H-pyrrole nitrogens is 1. The van der Waals surface area contributed by atoms with Gasteiger partial charge in [-0.05, 0) is 61.9 Å². The van der Waals surface area contributed by atoms with E-state index in [-0.39, 0.29) is 11.8 Å². The van der Waals surface area contributed by atoms with Crippen LogP contribution in [-0.4, -0.2) is 79.1 Å². The van der Waals surface area contributed by atoms with Crippen molar-refractivity contribution in [2.24, 2.45) is 4.99 Å². The number of aromatic nitrogens is 1. The quantitative estimate of drug-likeness (QED) is 0.158. The molecule has 3 N–H and O–H groups in total. The van der Waals surface area contributed by atoms with Crippen LogP contribution in [0.3, 0.4) is 0 Å². The molecule has 0 unspecified atom stereocenters. The van der Waals surface area contributed by atoms with Crippen LogP contribution in [0.15, 0.2) is 71.7 Å². The van der Waals surface area contributed by atoms with Crippen LogP contribution in [0.1, 0.15) is 43.8 Å². The first-order valence-corrected chi connectivity index (χ1v) is 13.7. The summed E-state index contributed by atoms with van der Waals surface area (Å²) in [5, 5.41) is 14.7. The van der Waals surface area contributed by atoms with Crippen molar-refractivity contribution in [3.63, 3.8) is 0 Å². The van der Waals surface area contributed by atoms with E-state index in [4.69, 9.17) is 14.5 Å². The van der Waals surface area contributed by atoms with Gasteiger partial charge in [0.05, 0.1) is 42.8 Å². The summed E-state index contributed by atoms with van der Waals surface area (Å²) in [4.78, 5) is 35.2. The van der Waals surface area contributed by atoms with Crippen molar-refractivity contribution in [1.29, 1.82) is 0 Å². The van der Waals surface area contributed by atoms with Crippen LogP contribution in [0.25, 0.3) is 10.9 Å². The molecule has 212 valence electrons. The highest BCUT2D eigenvalue weighted by atomic mass is 16.5. The highest BCUT2D eigenvalue weighted by Gasteiger charge is 2.21. The van der Waals surface area contributed by atoms with Gasteiger partial charge in [0.2, 0.25) is 0 Å². The monoisotopic (exact) mass is 554 g/mol. The Morgan fingerprint density at radius 1 is 1.05 bits per heavy atom. The number of ether oxygens (including phenoxy) is 2. The molecule has 1 aliphatic heterocycles. The Morgan fingerprint density at radius 3 is 2.49 bits per heavy atom. The summed E-state index contributed by atoms with van der Waals surface area (Å²) < 4.78 is 10.3. The number of carbonyl (C=O) groups is 2. The summed E-state index contributed by atoms with van der Waals surface area (Å²) in [6.07, 6.45) is 0.878. The molecule has 9 heteroatoms. The molecule has 0 radical (unpaired) electrons. The third kappa shape index (κ3) is 6.48. The topological polar surface area (TPSA) is 116 Å². The second kappa shape index (κ2) is 12.8. The second-order valence-corrected chi connectivity index (χ2v) is 9.99. The molecule has 3 aromatic carbocycles. The lowest BCUT2D eigenvalue weighted by molar-refractivity contribution is 0.0374. The molecule has 0 saturated carbocycles. The van der Waals surface area contributed by atoms with E-state index in [9.17, 15) is 14.7 Å². The summed E-state index contributed by atoms with van der Waals surface area (Å²) in [5.74, 6) is -0.632. The number of benzene rings is 3. The Bertz CT molecular complexity index is 1550. The lowest BCUT2D eigenvalue weighted by Crippen LogP contribution is -2.38. The van der Waals surface area contributed by atoms with E-state index >= 15 is 0 Å². The SMILES string of the molecule is COC(=O)c1cc2[nH]c(O)c(C(=Nc3ccc(C(=O)NCCCN4CCOCC4)cc3)c3ccccc3)c2cc1C. The normalized spacial score (nSPS) is 14.2. The first-order valence-electron chi connectivity index (χ1n) is 13.7. The van der Waals surface area contributed by atoms with Gasteiger partial charge < -0.3 is 24.9 Å². The van der Waals surface area contributed by atoms with Gasteiger partial charge in [0, 0.05) is 41.7 Å². The number of hydrogen-bond acceptors (Lipinski definition) is 7. The van der Waals surface area contributed by atoms with Gasteiger partial charge in [0.15, 0.2) is 5.88 Å². The highest BCUT2D eigenvalue weighted by molar-refractivity contribution is 6.22. The minimum absolute atomic E-state index is 0.0582. The van der Waals surface area contributed by atoms with Crippen molar-refractivity contribution < 1.29 is 24.2 Å². The number of aliphatic imine (C=N–C) groups is 1. The fourth-order valence-electron chi connectivity index (χ4n) is 5.01. The van der Waals surface area contributed by atoms with Crippen LogP contribution >= 0.6 is 0 Å². The lowest BCUT2D eigenvalue weighted by atomic mass is 9.98. The first kappa shape index (κ1) is 28.1. The van der Waals surface area contributed by atoms with Gasteiger partial charge in [-0.2, -0.15) is 0 Å². The van der Waals surface area contributed by atoms with E-state index in [1.54, 1.807) is 30.3 Å². The van der Waals surface area contributed by atoms with Gasteiger partial charge in [-0.3, -0.25) is 9.69 Å². The molecule has 4 aromatic rings. The van der Waals surface area contributed by atoms with Crippen LogP contribution in [0.4, 0.5) is 5.69 Å².